The molecule has 0 bridgehead atoms. The van der Waals surface area contributed by atoms with E-state index in [0.29, 0.717) is 37.9 Å². The number of aryl methyl sites for hydroxylation is 3. The maximum Gasteiger partial charge on any atom is 0.256 e. The molecule has 3 aromatic rings. The minimum atomic E-state index is -0.150. The summed E-state index contributed by atoms with van der Waals surface area (Å²) in [5.74, 6) is 0.683. The summed E-state index contributed by atoms with van der Waals surface area (Å²) in [5.41, 5.74) is 6.14. The molecule has 4 rings (SSSR count). The molecule has 2 aromatic carbocycles. The molecular formula is C28H37N7O3. The summed E-state index contributed by atoms with van der Waals surface area (Å²) in [5, 5.41) is 13.9. The predicted molar refractivity (Wildman–Crippen MR) is 146 cm³/mol. The molecule has 0 aliphatic carbocycles. The number of likely N-dealkylation sites (N-methyl/N-ethyl adjacent to an activating group) is 2. The van der Waals surface area contributed by atoms with Gasteiger partial charge in [-0.25, -0.2) is 5.01 Å². The number of hydrazine groups is 1. The van der Waals surface area contributed by atoms with Crippen molar-refractivity contribution < 1.29 is 14.1 Å². The summed E-state index contributed by atoms with van der Waals surface area (Å²) in [7, 11) is 1.79. The van der Waals surface area contributed by atoms with Crippen molar-refractivity contribution in [2.24, 2.45) is 0 Å². The van der Waals surface area contributed by atoms with E-state index in [1.54, 1.807) is 19.0 Å². The second kappa shape index (κ2) is 12.2. The fourth-order valence-electron chi connectivity index (χ4n) is 4.57. The van der Waals surface area contributed by atoms with Crippen molar-refractivity contribution in [3.63, 3.8) is 0 Å². The molecular weight excluding hydrogens is 482 g/mol. The van der Waals surface area contributed by atoms with E-state index in [-0.39, 0.29) is 24.9 Å². The van der Waals surface area contributed by atoms with Gasteiger partial charge in [0.15, 0.2) is 0 Å². The molecule has 0 saturated heterocycles. The highest BCUT2D eigenvalue weighted by atomic mass is 16.5. The Morgan fingerprint density at radius 2 is 1.82 bits per heavy atom. The number of rotatable bonds is 11. The van der Waals surface area contributed by atoms with Crippen molar-refractivity contribution in [3.8, 4) is 11.4 Å². The minimum Gasteiger partial charge on any atom is -0.353 e. The van der Waals surface area contributed by atoms with Gasteiger partial charge in [0.1, 0.15) is 0 Å². The van der Waals surface area contributed by atoms with Crippen LogP contribution in [0.1, 0.15) is 35.1 Å². The van der Waals surface area contributed by atoms with E-state index in [1.165, 1.54) is 16.7 Å². The molecule has 0 saturated carbocycles. The zero-order valence-corrected chi connectivity index (χ0v) is 22.9. The summed E-state index contributed by atoms with van der Waals surface area (Å²) in [4.78, 5) is 32.6. The van der Waals surface area contributed by atoms with Crippen LogP contribution >= 0.6 is 0 Å². The van der Waals surface area contributed by atoms with E-state index in [0.717, 1.165) is 23.4 Å². The van der Waals surface area contributed by atoms with Crippen molar-refractivity contribution >= 4 is 17.5 Å². The highest BCUT2D eigenvalue weighted by Crippen LogP contribution is 2.28. The van der Waals surface area contributed by atoms with Crippen LogP contribution in [0.4, 0.5) is 5.69 Å². The Balaban J connectivity index is 1.53. The average Bonchev–Trinajstić information content (AvgIpc) is 3.52. The lowest BCUT2D eigenvalue weighted by atomic mass is 10.1. The van der Waals surface area contributed by atoms with Crippen LogP contribution in [0.25, 0.3) is 11.4 Å². The van der Waals surface area contributed by atoms with Crippen LogP contribution in [-0.2, 0) is 22.7 Å². The first-order chi connectivity index (χ1) is 18.2. The molecule has 1 aliphatic rings. The smallest absolute Gasteiger partial charge is 0.256 e. The summed E-state index contributed by atoms with van der Waals surface area (Å²) < 4.78 is 5.15. The second-order valence-electron chi connectivity index (χ2n) is 9.71. The Hall–Kier alpha value is -3.76. The molecule has 0 atom stereocenters. The monoisotopic (exact) mass is 519 g/mol. The molecule has 2 heterocycles. The molecule has 202 valence electrons. The van der Waals surface area contributed by atoms with Gasteiger partial charge in [0.2, 0.25) is 17.6 Å². The van der Waals surface area contributed by atoms with Gasteiger partial charge in [0.25, 0.3) is 5.91 Å². The van der Waals surface area contributed by atoms with Crippen LogP contribution < -0.4 is 15.5 Å². The van der Waals surface area contributed by atoms with Gasteiger partial charge in [0.05, 0.1) is 13.1 Å². The number of benzene rings is 2. The Morgan fingerprint density at radius 1 is 1.03 bits per heavy atom. The fourth-order valence-corrected chi connectivity index (χ4v) is 4.57. The SMILES string of the molecule is CCNCCNC(=O)CN(CC(=O)N(C)N1Cc2ccc(C)cc2C1)c1cc(-c2noc(C)n2)ccc1C. The number of hydrogen-bond donors (Lipinski definition) is 2. The normalized spacial score (nSPS) is 12.9. The van der Waals surface area contributed by atoms with Gasteiger partial charge in [-0.3, -0.25) is 14.6 Å². The predicted octanol–water partition coefficient (Wildman–Crippen LogP) is 2.58. The Labute approximate surface area is 224 Å². The molecule has 0 spiro atoms. The molecule has 10 nitrogen and oxygen atoms in total. The van der Waals surface area contributed by atoms with Crippen LogP contribution in [0.15, 0.2) is 40.9 Å². The van der Waals surface area contributed by atoms with Gasteiger partial charge in [-0.05, 0) is 43.1 Å². The molecule has 38 heavy (non-hydrogen) atoms. The average molecular weight is 520 g/mol. The lowest BCUT2D eigenvalue weighted by molar-refractivity contribution is -0.145. The summed E-state index contributed by atoms with van der Waals surface area (Å²) in [6, 6.07) is 12.2. The van der Waals surface area contributed by atoms with Crippen molar-refractivity contribution in [1.82, 2.24) is 30.8 Å². The maximum absolute atomic E-state index is 13.5. The number of hydrogen-bond acceptors (Lipinski definition) is 8. The second-order valence-corrected chi connectivity index (χ2v) is 9.71. The summed E-state index contributed by atoms with van der Waals surface area (Å²) in [6.45, 7) is 11.3. The zero-order valence-electron chi connectivity index (χ0n) is 22.9. The van der Waals surface area contributed by atoms with E-state index in [9.17, 15) is 9.59 Å². The van der Waals surface area contributed by atoms with Crippen LogP contribution in [0, 0.1) is 20.8 Å². The fraction of sp³-hybridized carbons (Fsp3) is 0.429. The number of amides is 2. The molecule has 10 heteroatoms. The van der Waals surface area contributed by atoms with E-state index >= 15 is 0 Å². The van der Waals surface area contributed by atoms with E-state index in [4.69, 9.17) is 4.52 Å². The number of aromatic nitrogens is 2. The van der Waals surface area contributed by atoms with Gasteiger partial charge in [0, 0.05) is 51.4 Å². The number of fused-ring (bicyclic) bond motifs is 1. The third-order valence-electron chi connectivity index (χ3n) is 6.72. The lowest BCUT2D eigenvalue weighted by Gasteiger charge is -2.32. The van der Waals surface area contributed by atoms with Crippen LogP contribution in [0.2, 0.25) is 0 Å². The van der Waals surface area contributed by atoms with Gasteiger partial charge in [-0.1, -0.05) is 48.0 Å². The van der Waals surface area contributed by atoms with Gasteiger partial charge in [-0.2, -0.15) is 4.98 Å². The number of nitrogens with zero attached hydrogens (tertiary/aromatic N) is 5. The third-order valence-corrected chi connectivity index (χ3v) is 6.72. The number of anilines is 1. The molecule has 1 aliphatic heterocycles. The van der Waals surface area contributed by atoms with E-state index in [1.807, 2.05) is 42.0 Å². The summed E-state index contributed by atoms with van der Waals surface area (Å²) in [6.07, 6.45) is 0. The first kappa shape index (κ1) is 27.3. The van der Waals surface area contributed by atoms with Crippen molar-refractivity contribution in [3.05, 3.63) is 64.5 Å². The van der Waals surface area contributed by atoms with Gasteiger partial charge in [-0.15, -0.1) is 0 Å². The lowest BCUT2D eigenvalue weighted by Crippen LogP contribution is -2.48. The largest absolute Gasteiger partial charge is 0.353 e. The first-order valence-electron chi connectivity index (χ1n) is 13.0. The number of nitrogens with one attached hydrogen (secondary N) is 2. The standard InChI is InChI=1S/C28H37N7O3/c1-6-29-11-12-30-26(36)17-34(25-14-22(10-8-20(25)3)28-31-21(4)38-32-28)18-27(37)33(5)35-15-23-9-7-19(2)13-24(23)16-35/h7-10,13-14,29H,6,11-12,15-18H2,1-5H3,(H,30,36). The van der Waals surface area contributed by atoms with E-state index < -0.39 is 0 Å². The highest BCUT2D eigenvalue weighted by Gasteiger charge is 2.27. The molecule has 0 unspecified atom stereocenters. The Bertz CT molecular complexity index is 1290. The molecule has 2 N–H and O–H groups in total. The Morgan fingerprint density at radius 3 is 2.55 bits per heavy atom. The van der Waals surface area contributed by atoms with Crippen LogP contribution in [0.5, 0.6) is 0 Å². The van der Waals surface area contributed by atoms with Gasteiger partial charge < -0.3 is 20.1 Å². The number of carbonyl (C=O) groups excluding carboxylic acids is 2. The van der Waals surface area contributed by atoms with Crippen LogP contribution in [-0.4, -0.2) is 71.7 Å². The molecule has 2 amide bonds. The quantitative estimate of drug-likeness (QED) is 0.373. The van der Waals surface area contributed by atoms with Crippen LogP contribution in [0.3, 0.4) is 0 Å². The number of carbonyl (C=O) groups is 2. The molecule has 0 fully saturated rings. The molecule has 1 aromatic heterocycles. The Kier molecular flexibility index (Phi) is 8.75. The minimum absolute atomic E-state index is 0.0402. The molecule has 0 radical (unpaired) electrons. The van der Waals surface area contributed by atoms with Crippen molar-refractivity contribution in [2.45, 2.75) is 40.8 Å². The van der Waals surface area contributed by atoms with E-state index in [2.05, 4.69) is 45.9 Å². The third kappa shape index (κ3) is 6.56. The maximum atomic E-state index is 13.5. The van der Waals surface area contributed by atoms with Crippen molar-refractivity contribution in [1.29, 1.82) is 0 Å². The van der Waals surface area contributed by atoms with Gasteiger partial charge >= 0.3 is 0 Å². The topological polar surface area (TPSA) is 107 Å². The zero-order chi connectivity index (χ0) is 27.2. The first-order valence-corrected chi connectivity index (χ1v) is 13.0. The van der Waals surface area contributed by atoms with Crippen molar-refractivity contribution in [2.75, 3.05) is 44.7 Å². The highest BCUT2D eigenvalue weighted by molar-refractivity contribution is 5.87. The summed E-state index contributed by atoms with van der Waals surface area (Å²) >= 11 is 0.